The van der Waals surface area contributed by atoms with Crippen LogP contribution < -0.4 is 5.32 Å². The fourth-order valence-electron chi connectivity index (χ4n) is 4.48. The molecule has 1 aromatic rings. The molecule has 2 bridgehead atoms. The van der Waals surface area contributed by atoms with Crippen molar-refractivity contribution in [2.75, 3.05) is 13.1 Å². The molecule has 2 aliphatic rings. The zero-order chi connectivity index (χ0) is 14.2. The first-order chi connectivity index (χ1) is 9.63. The second-order valence-corrected chi connectivity index (χ2v) is 7.50. The number of halogens is 2. The van der Waals surface area contributed by atoms with E-state index in [4.69, 9.17) is 0 Å². The van der Waals surface area contributed by atoms with E-state index in [1.807, 2.05) is 12.1 Å². The van der Waals surface area contributed by atoms with Crippen LogP contribution in [-0.2, 0) is 6.42 Å². The summed E-state index contributed by atoms with van der Waals surface area (Å²) in [6.45, 7) is 4.32. The molecule has 0 amide bonds. The minimum Gasteiger partial charge on any atom is -0.316 e. The summed E-state index contributed by atoms with van der Waals surface area (Å²) in [5.74, 6) is 1.63. The quantitative estimate of drug-likeness (QED) is 0.829. The van der Waals surface area contributed by atoms with Crippen LogP contribution in [0.15, 0.2) is 22.7 Å². The van der Waals surface area contributed by atoms with Crippen molar-refractivity contribution in [1.29, 1.82) is 0 Å². The van der Waals surface area contributed by atoms with Gasteiger partial charge in [0.15, 0.2) is 0 Å². The zero-order valence-corrected chi connectivity index (χ0v) is 13.7. The zero-order valence-electron chi connectivity index (χ0n) is 12.1. The number of hydrogen-bond acceptors (Lipinski definition) is 1. The van der Waals surface area contributed by atoms with E-state index in [0.717, 1.165) is 31.3 Å². The minimum absolute atomic E-state index is 0.164. The molecular formula is C17H23BrFN. The molecule has 1 N–H and O–H groups in total. The maximum atomic E-state index is 13.4. The molecule has 2 aliphatic carbocycles. The van der Waals surface area contributed by atoms with Crippen molar-refractivity contribution in [3.05, 3.63) is 34.1 Å². The predicted octanol–water partition coefficient (Wildman–Crippen LogP) is 4.55. The van der Waals surface area contributed by atoms with Crippen molar-refractivity contribution >= 4 is 15.9 Å². The van der Waals surface area contributed by atoms with Crippen molar-refractivity contribution in [3.8, 4) is 0 Å². The van der Waals surface area contributed by atoms with Gasteiger partial charge in [-0.1, -0.05) is 19.4 Å². The van der Waals surface area contributed by atoms with Crippen LogP contribution in [0.4, 0.5) is 4.39 Å². The molecule has 3 rings (SSSR count). The van der Waals surface area contributed by atoms with E-state index in [-0.39, 0.29) is 5.82 Å². The van der Waals surface area contributed by atoms with Crippen molar-refractivity contribution in [1.82, 2.24) is 5.32 Å². The Kier molecular flexibility index (Phi) is 4.19. The maximum absolute atomic E-state index is 13.4. The first-order valence-electron chi connectivity index (χ1n) is 7.77. The lowest BCUT2D eigenvalue weighted by molar-refractivity contribution is 0.157. The lowest BCUT2D eigenvalue weighted by Crippen LogP contribution is -2.40. The van der Waals surface area contributed by atoms with Crippen molar-refractivity contribution in [2.45, 2.75) is 39.0 Å². The van der Waals surface area contributed by atoms with Gasteiger partial charge < -0.3 is 5.32 Å². The van der Waals surface area contributed by atoms with Crippen molar-refractivity contribution in [3.63, 3.8) is 0 Å². The van der Waals surface area contributed by atoms with Crippen LogP contribution >= 0.6 is 15.9 Å². The first kappa shape index (κ1) is 14.5. The van der Waals surface area contributed by atoms with Crippen molar-refractivity contribution in [2.24, 2.45) is 17.3 Å². The summed E-state index contributed by atoms with van der Waals surface area (Å²) in [5, 5.41) is 3.58. The first-order valence-corrected chi connectivity index (χ1v) is 8.57. The molecule has 0 saturated heterocycles. The van der Waals surface area contributed by atoms with Gasteiger partial charge in [-0.15, -0.1) is 0 Å². The van der Waals surface area contributed by atoms with E-state index in [2.05, 4.69) is 28.2 Å². The third-order valence-electron chi connectivity index (χ3n) is 5.37. The van der Waals surface area contributed by atoms with Crippen LogP contribution in [0.2, 0.25) is 0 Å². The van der Waals surface area contributed by atoms with Crippen molar-refractivity contribution < 1.29 is 4.39 Å². The summed E-state index contributed by atoms with van der Waals surface area (Å²) in [4.78, 5) is 0. The highest BCUT2D eigenvalue weighted by molar-refractivity contribution is 9.10. The van der Waals surface area contributed by atoms with E-state index in [1.54, 1.807) is 6.07 Å². The topological polar surface area (TPSA) is 12.0 Å². The Morgan fingerprint density at radius 2 is 2.25 bits per heavy atom. The largest absolute Gasteiger partial charge is 0.316 e. The normalized spacial score (nSPS) is 31.9. The number of fused-ring (bicyclic) bond motifs is 2. The van der Waals surface area contributed by atoms with Gasteiger partial charge in [-0.05, 0) is 83.1 Å². The van der Waals surface area contributed by atoms with Gasteiger partial charge in [0.25, 0.3) is 0 Å². The Morgan fingerprint density at radius 3 is 2.85 bits per heavy atom. The molecule has 110 valence electrons. The summed E-state index contributed by atoms with van der Waals surface area (Å²) < 4.78 is 14.0. The molecule has 3 atom stereocenters. The summed E-state index contributed by atoms with van der Waals surface area (Å²) in [6.07, 6.45) is 6.65. The Morgan fingerprint density at radius 1 is 1.40 bits per heavy atom. The lowest BCUT2D eigenvalue weighted by atomic mass is 9.69. The van der Waals surface area contributed by atoms with Gasteiger partial charge in [0.2, 0.25) is 0 Å². The van der Waals surface area contributed by atoms with E-state index in [1.165, 1.54) is 31.2 Å². The Bertz CT molecular complexity index is 490. The Hall–Kier alpha value is -0.410. The second kappa shape index (κ2) is 5.76. The van der Waals surface area contributed by atoms with Crippen LogP contribution in [0.5, 0.6) is 0 Å². The molecule has 1 aromatic carbocycles. The third-order valence-corrected chi connectivity index (χ3v) is 5.98. The molecule has 20 heavy (non-hydrogen) atoms. The molecule has 0 radical (unpaired) electrons. The molecule has 0 spiro atoms. The van der Waals surface area contributed by atoms with Crippen LogP contribution in [-0.4, -0.2) is 13.1 Å². The summed E-state index contributed by atoms with van der Waals surface area (Å²) >= 11 is 3.32. The van der Waals surface area contributed by atoms with Gasteiger partial charge in [0.05, 0.1) is 4.47 Å². The molecule has 0 aliphatic heterocycles. The van der Waals surface area contributed by atoms with E-state index < -0.39 is 0 Å². The summed E-state index contributed by atoms with van der Waals surface area (Å²) in [7, 11) is 0. The summed E-state index contributed by atoms with van der Waals surface area (Å²) in [6, 6.07) is 5.52. The van der Waals surface area contributed by atoms with Crippen LogP contribution in [0.3, 0.4) is 0 Å². The van der Waals surface area contributed by atoms with Gasteiger partial charge in [0.1, 0.15) is 5.82 Å². The molecular weight excluding hydrogens is 317 g/mol. The van der Waals surface area contributed by atoms with E-state index in [9.17, 15) is 4.39 Å². The predicted molar refractivity (Wildman–Crippen MR) is 84.2 cm³/mol. The maximum Gasteiger partial charge on any atom is 0.137 e. The monoisotopic (exact) mass is 339 g/mol. The lowest BCUT2D eigenvalue weighted by Gasteiger charge is -2.38. The fraction of sp³-hybridized carbons (Fsp3) is 0.647. The van der Waals surface area contributed by atoms with Gasteiger partial charge in [-0.25, -0.2) is 4.39 Å². The van der Waals surface area contributed by atoms with E-state index in [0.29, 0.717) is 9.89 Å². The molecule has 2 fully saturated rings. The third kappa shape index (κ3) is 2.67. The minimum atomic E-state index is -0.164. The standard InChI is InChI=1S/C17H23BrFN/c1-2-20-11-17(9-12-3-5-14(17)7-12)10-13-4-6-16(19)15(18)8-13/h4,6,8,12,14,20H,2-3,5,7,9-11H2,1H3. The highest BCUT2D eigenvalue weighted by Crippen LogP contribution is 2.57. The van der Waals surface area contributed by atoms with Crippen LogP contribution in [0.25, 0.3) is 0 Å². The smallest absolute Gasteiger partial charge is 0.137 e. The van der Waals surface area contributed by atoms with Gasteiger partial charge in [0, 0.05) is 6.54 Å². The fourth-order valence-corrected chi connectivity index (χ4v) is 4.91. The highest BCUT2D eigenvalue weighted by atomic mass is 79.9. The molecule has 3 heteroatoms. The number of nitrogens with one attached hydrogen (secondary N) is 1. The number of hydrogen-bond donors (Lipinski definition) is 1. The van der Waals surface area contributed by atoms with Crippen LogP contribution in [0, 0.1) is 23.1 Å². The molecule has 0 heterocycles. The Labute approximate surface area is 129 Å². The number of benzene rings is 1. The highest BCUT2D eigenvalue weighted by Gasteiger charge is 2.50. The number of rotatable bonds is 5. The second-order valence-electron chi connectivity index (χ2n) is 6.65. The molecule has 2 saturated carbocycles. The molecule has 3 unspecified atom stereocenters. The van der Waals surface area contributed by atoms with Gasteiger partial charge in [-0.2, -0.15) is 0 Å². The molecule has 1 nitrogen and oxygen atoms in total. The van der Waals surface area contributed by atoms with E-state index >= 15 is 0 Å². The SMILES string of the molecule is CCNCC1(Cc2ccc(F)c(Br)c2)CC2CCC1C2. The molecule has 0 aromatic heterocycles. The van der Waals surface area contributed by atoms with Gasteiger partial charge >= 0.3 is 0 Å². The average molecular weight is 340 g/mol. The average Bonchev–Trinajstić information content (AvgIpc) is 3.02. The van der Waals surface area contributed by atoms with Crippen LogP contribution in [0.1, 0.15) is 38.2 Å². The Balaban J connectivity index is 1.81. The van der Waals surface area contributed by atoms with Gasteiger partial charge in [-0.3, -0.25) is 0 Å². The summed E-state index contributed by atoms with van der Waals surface area (Å²) in [5.41, 5.74) is 1.67.